The van der Waals surface area contributed by atoms with Gasteiger partial charge in [-0.15, -0.1) is 0 Å². The first-order valence-corrected chi connectivity index (χ1v) is 5.42. The molecule has 0 saturated heterocycles. The average molecular weight is 277 g/mol. The summed E-state index contributed by atoms with van der Waals surface area (Å²) in [5, 5.41) is 2.76. The molecule has 0 saturated carbocycles. The number of ether oxygens (including phenoxy) is 2. The first kappa shape index (κ1) is 15.3. The zero-order valence-corrected chi connectivity index (χ0v) is 10.5. The molecule has 0 unspecified atom stereocenters. The molecule has 1 rings (SSSR count). The number of halogens is 3. The van der Waals surface area contributed by atoms with Gasteiger partial charge < -0.3 is 14.8 Å². The van der Waals surface area contributed by atoms with Crippen LogP contribution in [0.1, 0.15) is 11.1 Å². The third kappa shape index (κ3) is 4.44. The van der Waals surface area contributed by atoms with Gasteiger partial charge in [-0.3, -0.25) is 0 Å². The van der Waals surface area contributed by atoms with Crippen LogP contribution in [0.4, 0.5) is 13.2 Å². The summed E-state index contributed by atoms with van der Waals surface area (Å²) in [6.07, 6.45) is -4.55. The highest BCUT2D eigenvalue weighted by molar-refractivity contribution is 5.70. The maximum Gasteiger partial charge on any atom is 0.419 e. The Hall–Kier alpha value is -1.76. The molecule has 0 heterocycles. The number of hydrogen-bond donors (Lipinski definition) is 1. The van der Waals surface area contributed by atoms with Crippen molar-refractivity contribution < 1.29 is 27.4 Å². The van der Waals surface area contributed by atoms with Gasteiger partial charge in [0.15, 0.2) is 6.61 Å². The molecule has 0 fully saturated rings. The van der Waals surface area contributed by atoms with Crippen molar-refractivity contribution in [3.63, 3.8) is 0 Å². The topological polar surface area (TPSA) is 47.6 Å². The summed E-state index contributed by atoms with van der Waals surface area (Å²) in [5.74, 6) is -1.13. The molecule has 1 aromatic rings. The van der Waals surface area contributed by atoms with E-state index in [-0.39, 0.29) is 0 Å². The third-order valence-electron chi connectivity index (χ3n) is 2.30. The monoisotopic (exact) mass is 277 g/mol. The molecule has 0 bridgehead atoms. The molecule has 4 nitrogen and oxygen atoms in total. The van der Waals surface area contributed by atoms with E-state index in [2.05, 4.69) is 10.1 Å². The van der Waals surface area contributed by atoms with Crippen LogP contribution in [-0.2, 0) is 22.3 Å². The molecule has 106 valence electrons. The minimum Gasteiger partial charge on any atom is -0.481 e. The van der Waals surface area contributed by atoms with Crippen molar-refractivity contribution in [1.29, 1.82) is 0 Å². The van der Waals surface area contributed by atoms with E-state index in [1.54, 1.807) is 7.05 Å². The Labute approximate surface area is 108 Å². The minimum atomic E-state index is -4.55. The van der Waals surface area contributed by atoms with E-state index < -0.39 is 30.1 Å². The average Bonchev–Trinajstić information content (AvgIpc) is 2.36. The largest absolute Gasteiger partial charge is 0.481 e. The highest BCUT2D eigenvalue weighted by Crippen LogP contribution is 2.36. The van der Waals surface area contributed by atoms with E-state index in [0.717, 1.165) is 13.2 Å². The van der Waals surface area contributed by atoms with E-state index in [9.17, 15) is 18.0 Å². The van der Waals surface area contributed by atoms with Gasteiger partial charge in [0.05, 0.1) is 12.7 Å². The summed E-state index contributed by atoms with van der Waals surface area (Å²) in [4.78, 5) is 10.9. The second-order valence-corrected chi connectivity index (χ2v) is 3.72. The van der Waals surface area contributed by atoms with E-state index in [1.807, 2.05) is 0 Å². The van der Waals surface area contributed by atoms with Gasteiger partial charge in [-0.25, -0.2) is 4.79 Å². The Morgan fingerprint density at radius 1 is 1.37 bits per heavy atom. The van der Waals surface area contributed by atoms with Gasteiger partial charge in [0.2, 0.25) is 0 Å². The first-order valence-electron chi connectivity index (χ1n) is 5.42. The van der Waals surface area contributed by atoms with Gasteiger partial charge in [-0.05, 0) is 24.7 Å². The van der Waals surface area contributed by atoms with Gasteiger partial charge in [-0.1, -0.05) is 6.07 Å². The number of benzene rings is 1. The van der Waals surface area contributed by atoms with Gasteiger partial charge in [0, 0.05) is 6.54 Å². The summed E-state index contributed by atoms with van der Waals surface area (Å²) in [6, 6.07) is 3.68. The Morgan fingerprint density at radius 2 is 2.05 bits per heavy atom. The van der Waals surface area contributed by atoms with Crippen LogP contribution in [0.2, 0.25) is 0 Å². The minimum absolute atomic E-state index is 0.306. The molecular formula is C12H14F3NO3. The molecule has 1 aromatic carbocycles. The standard InChI is InChI=1S/C12H14F3NO3/c1-16-6-8-3-4-10(19-7-11(17)18-2)9(5-8)12(13,14)15/h3-5,16H,6-7H2,1-2H3. The van der Waals surface area contributed by atoms with Crippen LogP contribution in [0.3, 0.4) is 0 Å². The van der Waals surface area contributed by atoms with Gasteiger partial charge in [0.25, 0.3) is 0 Å². The van der Waals surface area contributed by atoms with E-state index >= 15 is 0 Å². The summed E-state index contributed by atoms with van der Waals surface area (Å²) < 4.78 is 47.7. The fourth-order valence-electron chi connectivity index (χ4n) is 1.43. The lowest BCUT2D eigenvalue weighted by Gasteiger charge is -2.14. The molecule has 0 radical (unpaired) electrons. The molecule has 0 aliphatic heterocycles. The quantitative estimate of drug-likeness (QED) is 0.836. The Morgan fingerprint density at radius 3 is 2.58 bits per heavy atom. The third-order valence-corrected chi connectivity index (χ3v) is 2.30. The van der Waals surface area contributed by atoms with Crippen molar-refractivity contribution in [1.82, 2.24) is 5.32 Å². The van der Waals surface area contributed by atoms with Crippen LogP contribution in [0.15, 0.2) is 18.2 Å². The predicted octanol–water partition coefficient (Wildman–Crippen LogP) is 1.98. The van der Waals surface area contributed by atoms with Gasteiger partial charge in [-0.2, -0.15) is 13.2 Å². The maximum atomic E-state index is 12.9. The molecule has 0 spiro atoms. The molecule has 1 N–H and O–H groups in total. The Balaban J connectivity index is 2.99. The van der Waals surface area contributed by atoms with Crippen LogP contribution in [0, 0.1) is 0 Å². The van der Waals surface area contributed by atoms with Gasteiger partial charge in [0.1, 0.15) is 5.75 Å². The molecule has 0 amide bonds. The molecule has 7 heteroatoms. The summed E-state index contributed by atoms with van der Waals surface area (Å²) >= 11 is 0. The number of rotatable bonds is 5. The summed E-state index contributed by atoms with van der Waals surface area (Å²) in [6.45, 7) is -0.259. The number of hydrogen-bond acceptors (Lipinski definition) is 4. The number of alkyl halides is 3. The summed E-state index contributed by atoms with van der Waals surface area (Å²) in [7, 11) is 2.77. The van der Waals surface area contributed by atoms with Gasteiger partial charge >= 0.3 is 12.1 Å². The number of methoxy groups -OCH3 is 1. The van der Waals surface area contributed by atoms with E-state index in [0.29, 0.717) is 12.1 Å². The van der Waals surface area contributed by atoms with Crippen LogP contribution in [0.5, 0.6) is 5.75 Å². The first-order chi connectivity index (χ1) is 8.88. The molecule has 0 atom stereocenters. The van der Waals surface area contributed by atoms with Crippen LogP contribution < -0.4 is 10.1 Å². The lowest BCUT2D eigenvalue weighted by Crippen LogP contribution is -2.16. The lowest BCUT2D eigenvalue weighted by atomic mass is 10.1. The second kappa shape index (κ2) is 6.42. The van der Waals surface area contributed by atoms with Crippen molar-refractivity contribution in [3.8, 4) is 5.75 Å². The molecule has 0 aromatic heterocycles. The zero-order chi connectivity index (χ0) is 14.5. The van der Waals surface area contributed by atoms with Crippen molar-refractivity contribution in [3.05, 3.63) is 29.3 Å². The molecular weight excluding hydrogens is 263 g/mol. The van der Waals surface area contributed by atoms with Crippen LogP contribution in [0.25, 0.3) is 0 Å². The number of nitrogens with one attached hydrogen (secondary N) is 1. The molecule has 19 heavy (non-hydrogen) atoms. The SMILES string of the molecule is CNCc1ccc(OCC(=O)OC)c(C(F)(F)F)c1. The fourth-order valence-corrected chi connectivity index (χ4v) is 1.43. The fraction of sp³-hybridized carbons (Fsp3) is 0.417. The Kier molecular flexibility index (Phi) is 5.17. The number of carbonyl (C=O) groups is 1. The number of esters is 1. The van der Waals surface area contributed by atoms with E-state index in [1.165, 1.54) is 12.1 Å². The van der Waals surface area contributed by atoms with Crippen molar-refractivity contribution in [2.24, 2.45) is 0 Å². The number of carbonyl (C=O) groups excluding carboxylic acids is 1. The van der Waals surface area contributed by atoms with Crippen LogP contribution >= 0.6 is 0 Å². The summed E-state index contributed by atoms with van der Waals surface area (Å²) in [5.41, 5.74) is -0.440. The smallest absolute Gasteiger partial charge is 0.419 e. The predicted molar refractivity (Wildman–Crippen MR) is 61.7 cm³/mol. The highest BCUT2D eigenvalue weighted by atomic mass is 19.4. The Bertz CT molecular complexity index is 446. The van der Waals surface area contributed by atoms with Crippen molar-refractivity contribution in [2.75, 3.05) is 20.8 Å². The normalized spacial score (nSPS) is 11.2. The van der Waals surface area contributed by atoms with E-state index in [4.69, 9.17) is 4.74 Å². The van der Waals surface area contributed by atoms with Crippen molar-refractivity contribution >= 4 is 5.97 Å². The zero-order valence-electron chi connectivity index (χ0n) is 10.5. The maximum absolute atomic E-state index is 12.9. The second-order valence-electron chi connectivity index (χ2n) is 3.72. The van der Waals surface area contributed by atoms with Crippen molar-refractivity contribution in [2.45, 2.75) is 12.7 Å². The lowest BCUT2D eigenvalue weighted by molar-refractivity contribution is -0.145. The molecule has 0 aliphatic carbocycles. The highest BCUT2D eigenvalue weighted by Gasteiger charge is 2.34. The molecule has 0 aliphatic rings. The van der Waals surface area contributed by atoms with Crippen LogP contribution in [-0.4, -0.2) is 26.7 Å².